The van der Waals surface area contributed by atoms with E-state index in [0.29, 0.717) is 18.7 Å². The third kappa shape index (κ3) is 5.76. The Morgan fingerprint density at radius 1 is 1.42 bits per heavy atom. The average molecular weight is 266 g/mol. The molecule has 1 unspecified atom stereocenters. The molecule has 2 amide bonds. The smallest absolute Gasteiger partial charge is 0.411 e. The molecule has 1 aromatic carbocycles. The Hall–Kier alpha value is -2.24. The topological polar surface area (TPSA) is 90.7 Å². The molecule has 1 aromatic rings. The lowest BCUT2D eigenvalue weighted by molar-refractivity contribution is 0.116. The summed E-state index contributed by atoms with van der Waals surface area (Å²) in [6.07, 6.45) is -1.11. The van der Waals surface area contributed by atoms with Gasteiger partial charge in [0.2, 0.25) is 0 Å². The van der Waals surface area contributed by atoms with E-state index in [4.69, 9.17) is 15.2 Å². The van der Waals surface area contributed by atoms with E-state index in [1.807, 2.05) is 6.07 Å². The number of rotatable bonds is 5. The van der Waals surface area contributed by atoms with Crippen LogP contribution in [0.1, 0.15) is 19.4 Å². The molecule has 0 saturated heterocycles. The fourth-order valence-electron chi connectivity index (χ4n) is 1.63. The number of carbonyl (C=O) groups excluding carboxylic acids is 2. The molecule has 0 radical (unpaired) electrons. The Bertz CT molecular complexity index is 448. The van der Waals surface area contributed by atoms with Gasteiger partial charge in [0.25, 0.3) is 0 Å². The van der Waals surface area contributed by atoms with Crippen molar-refractivity contribution in [2.45, 2.75) is 26.4 Å². The summed E-state index contributed by atoms with van der Waals surface area (Å²) in [7, 11) is 0. The standard InChI is InChI=1S/C13H18N2O4/c1-3-18-13(17)15-11-6-4-5-10(8-11)7-9(2)19-12(14)16/h4-6,8-9H,3,7H2,1-2H3,(H2,14,16)(H,15,17). The fraction of sp³-hybridized carbons (Fsp3) is 0.385. The molecule has 0 saturated carbocycles. The van der Waals surface area contributed by atoms with E-state index in [1.165, 1.54) is 0 Å². The van der Waals surface area contributed by atoms with Gasteiger partial charge in [-0.1, -0.05) is 12.1 Å². The zero-order valence-electron chi connectivity index (χ0n) is 11.0. The van der Waals surface area contributed by atoms with Gasteiger partial charge in [-0.25, -0.2) is 9.59 Å². The third-order valence-electron chi connectivity index (χ3n) is 2.29. The Morgan fingerprint density at radius 2 is 2.16 bits per heavy atom. The van der Waals surface area contributed by atoms with Crippen molar-refractivity contribution < 1.29 is 19.1 Å². The van der Waals surface area contributed by atoms with E-state index in [1.54, 1.807) is 32.0 Å². The minimum atomic E-state index is -0.798. The zero-order chi connectivity index (χ0) is 14.3. The Labute approximate surface area is 111 Å². The molecule has 0 aromatic heterocycles. The summed E-state index contributed by atoms with van der Waals surface area (Å²) in [6, 6.07) is 7.21. The minimum Gasteiger partial charge on any atom is -0.450 e. The maximum atomic E-state index is 11.3. The van der Waals surface area contributed by atoms with Gasteiger partial charge in [0.05, 0.1) is 6.61 Å². The quantitative estimate of drug-likeness (QED) is 0.855. The molecule has 0 bridgehead atoms. The summed E-state index contributed by atoms with van der Waals surface area (Å²) < 4.78 is 9.62. The molecule has 6 nitrogen and oxygen atoms in total. The zero-order valence-corrected chi connectivity index (χ0v) is 11.0. The van der Waals surface area contributed by atoms with Crippen molar-refractivity contribution in [1.29, 1.82) is 0 Å². The van der Waals surface area contributed by atoms with Gasteiger partial charge in [0.15, 0.2) is 0 Å². The molecule has 3 N–H and O–H groups in total. The van der Waals surface area contributed by atoms with Crippen molar-refractivity contribution in [3.05, 3.63) is 29.8 Å². The highest BCUT2D eigenvalue weighted by Crippen LogP contribution is 2.13. The minimum absolute atomic E-state index is 0.314. The van der Waals surface area contributed by atoms with Crippen LogP contribution < -0.4 is 11.1 Å². The highest BCUT2D eigenvalue weighted by atomic mass is 16.6. The summed E-state index contributed by atoms with van der Waals surface area (Å²) >= 11 is 0. The van der Waals surface area contributed by atoms with Crippen LogP contribution in [0.5, 0.6) is 0 Å². The molecule has 104 valence electrons. The van der Waals surface area contributed by atoms with Crippen LogP contribution >= 0.6 is 0 Å². The molecular formula is C13H18N2O4. The van der Waals surface area contributed by atoms with Gasteiger partial charge in [-0.15, -0.1) is 0 Å². The van der Waals surface area contributed by atoms with Crippen LogP contribution in [0.4, 0.5) is 15.3 Å². The van der Waals surface area contributed by atoms with Crippen molar-refractivity contribution in [1.82, 2.24) is 0 Å². The number of carbonyl (C=O) groups is 2. The summed E-state index contributed by atoms with van der Waals surface area (Å²) in [4.78, 5) is 21.9. The number of nitrogens with two attached hydrogens (primary N) is 1. The lowest BCUT2D eigenvalue weighted by atomic mass is 10.1. The maximum absolute atomic E-state index is 11.3. The van der Waals surface area contributed by atoms with Gasteiger partial charge >= 0.3 is 12.2 Å². The number of ether oxygens (including phenoxy) is 2. The summed E-state index contributed by atoms with van der Waals surface area (Å²) in [5, 5.41) is 2.60. The number of hydrogen-bond acceptors (Lipinski definition) is 4. The first-order valence-electron chi connectivity index (χ1n) is 6.00. The third-order valence-corrected chi connectivity index (χ3v) is 2.29. The van der Waals surface area contributed by atoms with E-state index in [0.717, 1.165) is 5.56 Å². The van der Waals surface area contributed by atoms with Crippen LogP contribution in [-0.2, 0) is 15.9 Å². The van der Waals surface area contributed by atoms with Crippen molar-refractivity contribution in [2.75, 3.05) is 11.9 Å². The first kappa shape index (κ1) is 14.8. The van der Waals surface area contributed by atoms with Gasteiger partial charge in [-0.3, -0.25) is 5.32 Å². The SMILES string of the molecule is CCOC(=O)Nc1cccc(CC(C)OC(N)=O)c1. The number of benzene rings is 1. The second-order valence-corrected chi connectivity index (χ2v) is 4.00. The van der Waals surface area contributed by atoms with Crippen molar-refractivity contribution in [3.8, 4) is 0 Å². The van der Waals surface area contributed by atoms with Crippen LogP contribution in [0, 0.1) is 0 Å². The average Bonchev–Trinajstić information content (AvgIpc) is 2.28. The van der Waals surface area contributed by atoms with Crippen LogP contribution in [0.2, 0.25) is 0 Å². The molecule has 0 heterocycles. The Balaban J connectivity index is 2.61. The summed E-state index contributed by atoms with van der Waals surface area (Å²) in [5.74, 6) is 0. The van der Waals surface area contributed by atoms with Gasteiger partial charge in [0.1, 0.15) is 6.10 Å². The van der Waals surface area contributed by atoms with Crippen LogP contribution in [0.25, 0.3) is 0 Å². The van der Waals surface area contributed by atoms with Crippen molar-refractivity contribution >= 4 is 17.9 Å². The molecule has 0 aliphatic rings. The Morgan fingerprint density at radius 3 is 2.79 bits per heavy atom. The van der Waals surface area contributed by atoms with Gasteiger partial charge in [0, 0.05) is 12.1 Å². The Kier molecular flexibility index (Phi) is 5.66. The second-order valence-electron chi connectivity index (χ2n) is 4.00. The van der Waals surface area contributed by atoms with Gasteiger partial charge < -0.3 is 15.2 Å². The monoisotopic (exact) mass is 266 g/mol. The van der Waals surface area contributed by atoms with Gasteiger partial charge in [-0.05, 0) is 31.5 Å². The summed E-state index contributed by atoms with van der Waals surface area (Å²) in [6.45, 7) is 3.80. The number of amides is 2. The molecule has 0 spiro atoms. The van der Waals surface area contributed by atoms with E-state index in [-0.39, 0.29) is 6.10 Å². The fourth-order valence-corrected chi connectivity index (χ4v) is 1.63. The lowest BCUT2D eigenvalue weighted by Gasteiger charge is -2.12. The van der Waals surface area contributed by atoms with Crippen molar-refractivity contribution in [3.63, 3.8) is 0 Å². The number of hydrogen-bond donors (Lipinski definition) is 2. The first-order valence-corrected chi connectivity index (χ1v) is 6.00. The molecule has 1 rings (SSSR count). The van der Waals surface area contributed by atoms with E-state index in [9.17, 15) is 9.59 Å². The van der Waals surface area contributed by atoms with Gasteiger partial charge in [-0.2, -0.15) is 0 Å². The van der Waals surface area contributed by atoms with E-state index < -0.39 is 12.2 Å². The molecule has 1 atom stereocenters. The highest BCUT2D eigenvalue weighted by molar-refractivity contribution is 5.84. The normalized spacial score (nSPS) is 11.5. The second kappa shape index (κ2) is 7.25. The van der Waals surface area contributed by atoms with Crippen LogP contribution in [-0.4, -0.2) is 24.9 Å². The predicted octanol–water partition coefficient (Wildman–Crippen LogP) is 2.28. The van der Waals surface area contributed by atoms with E-state index in [2.05, 4.69) is 5.32 Å². The lowest BCUT2D eigenvalue weighted by Crippen LogP contribution is -2.22. The molecule has 0 aliphatic carbocycles. The molecule has 6 heteroatoms. The number of anilines is 1. The molecule has 0 aliphatic heterocycles. The van der Waals surface area contributed by atoms with Crippen molar-refractivity contribution in [2.24, 2.45) is 5.73 Å². The largest absolute Gasteiger partial charge is 0.450 e. The van der Waals surface area contributed by atoms with Crippen LogP contribution in [0.15, 0.2) is 24.3 Å². The first-order chi connectivity index (χ1) is 9.01. The summed E-state index contributed by atoms with van der Waals surface area (Å²) in [5.41, 5.74) is 6.49. The molecule has 19 heavy (non-hydrogen) atoms. The predicted molar refractivity (Wildman–Crippen MR) is 70.9 cm³/mol. The molecule has 0 fully saturated rings. The maximum Gasteiger partial charge on any atom is 0.411 e. The number of primary amides is 1. The highest BCUT2D eigenvalue weighted by Gasteiger charge is 2.08. The van der Waals surface area contributed by atoms with E-state index >= 15 is 0 Å². The van der Waals surface area contributed by atoms with Crippen LogP contribution in [0.3, 0.4) is 0 Å². The number of nitrogens with one attached hydrogen (secondary N) is 1. The molecular weight excluding hydrogens is 248 g/mol.